The number of aryl methyl sites for hydroxylation is 1. The van der Waals surface area contributed by atoms with Gasteiger partial charge in [0.15, 0.2) is 0 Å². The van der Waals surface area contributed by atoms with Gasteiger partial charge in [-0.3, -0.25) is 4.79 Å². The Labute approximate surface area is 218 Å². The fourth-order valence-corrected chi connectivity index (χ4v) is 3.77. The highest BCUT2D eigenvalue weighted by molar-refractivity contribution is 6.05. The molecule has 0 spiro atoms. The third kappa shape index (κ3) is 7.23. The number of ether oxygens (including phenoxy) is 1. The predicted molar refractivity (Wildman–Crippen MR) is 149 cm³/mol. The van der Waals surface area contributed by atoms with Gasteiger partial charge in [-0.1, -0.05) is 11.6 Å². The molecular formula is C30H38N2O5. The van der Waals surface area contributed by atoms with E-state index in [1.54, 1.807) is 12.1 Å². The standard InChI is InChI=1S/C30H38N2O5/c1-19(2)9-10-21-17-23(11-13-25(21)33)28(34)31-24-18-22-12-14-26(20(3)27(22)37-29(24)35)36-16-8-15-32(7)30(4,5)6/h9,11-14,17-18,33H,8,10,15-16H2,1-7H3,(H,31,34). The van der Waals surface area contributed by atoms with Gasteiger partial charge in [0, 0.05) is 28.6 Å². The zero-order valence-corrected chi connectivity index (χ0v) is 22.9. The number of carbonyl (C=O) groups is 1. The van der Waals surface area contributed by atoms with Crippen LogP contribution in [0, 0.1) is 6.92 Å². The number of benzene rings is 2. The van der Waals surface area contributed by atoms with Crippen molar-refractivity contribution in [1.29, 1.82) is 0 Å². The number of phenolic OH excluding ortho intramolecular Hbond substituents is 1. The van der Waals surface area contributed by atoms with Crippen molar-refractivity contribution in [2.75, 3.05) is 25.5 Å². The maximum Gasteiger partial charge on any atom is 0.360 e. The molecule has 0 bridgehead atoms. The summed E-state index contributed by atoms with van der Waals surface area (Å²) in [7, 11) is 2.09. The second-order valence-corrected chi connectivity index (χ2v) is 10.6. The van der Waals surface area contributed by atoms with Gasteiger partial charge < -0.3 is 24.5 Å². The summed E-state index contributed by atoms with van der Waals surface area (Å²) in [6.07, 6.45) is 3.34. The molecule has 1 aromatic heterocycles. The van der Waals surface area contributed by atoms with E-state index < -0.39 is 11.5 Å². The summed E-state index contributed by atoms with van der Waals surface area (Å²) in [6.45, 7) is 13.8. The average molecular weight is 507 g/mol. The van der Waals surface area contributed by atoms with Gasteiger partial charge in [0.05, 0.1) is 6.61 Å². The number of phenols is 1. The molecule has 198 valence electrons. The molecule has 3 aromatic rings. The lowest BCUT2D eigenvalue weighted by atomic mass is 10.0. The monoisotopic (exact) mass is 506 g/mol. The fourth-order valence-electron chi connectivity index (χ4n) is 3.77. The number of anilines is 1. The van der Waals surface area contributed by atoms with Crippen LogP contribution in [0.15, 0.2) is 57.3 Å². The number of rotatable bonds is 9. The topological polar surface area (TPSA) is 92.0 Å². The minimum atomic E-state index is -0.642. The average Bonchev–Trinajstić information content (AvgIpc) is 2.82. The summed E-state index contributed by atoms with van der Waals surface area (Å²) >= 11 is 0. The van der Waals surface area contributed by atoms with E-state index >= 15 is 0 Å². The number of amides is 1. The number of nitrogens with zero attached hydrogens (tertiary/aromatic N) is 1. The van der Waals surface area contributed by atoms with E-state index in [0.717, 1.165) is 24.1 Å². The Hall–Kier alpha value is -3.58. The molecule has 0 aliphatic heterocycles. The van der Waals surface area contributed by atoms with Crippen LogP contribution < -0.4 is 15.7 Å². The first-order chi connectivity index (χ1) is 17.4. The van der Waals surface area contributed by atoms with Crippen molar-refractivity contribution in [1.82, 2.24) is 4.90 Å². The van der Waals surface area contributed by atoms with Crippen LogP contribution in [0.2, 0.25) is 0 Å². The molecule has 0 atom stereocenters. The maximum absolute atomic E-state index is 12.9. The van der Waals surface area contributed by atoms with E-state index in [2.05, 4.69) is 38.0 Å². The molecule has 0 radical (unpaired) electrons. The second kappa shape index (κ2) is 11.6. The molecule has 0 aliphatic rings. The van der Waals surface area contributed by atoms with Crippen LogP contribution in [0.1, 0.15) is 62.5 Å². The molecule has 3 rings (SSSR count). The van der Waals surface area contributed by atoms with E-state index in [9.17, 15) is 14.7 Å². The van der Waals surface area contributed by atoms with Gasteiger partial charge in [-0.2, -0.15) is 0 Å². The summed E-state index contributed by atoms with van der Waals surface area (Å²) in [5, 5.41) is 13.4. The van der Waals surface area contributed by atoms with Crippen molar-refractivity contribution in [3.05, 3.63) is 75.2 Å². The Kier molecular flexibility index (Phi) is 8.81. The quantitative estimate of drug-likeness (QED) is 0.208. The number of hydrogen-bond acceptors (Lipinski definition) is 6. The van der Waals surface area contributed by atoms with Crippen LogP contribution >= 0.6 is 0 Å². The molecule has 0 saturated carbocycles. The van der Waals surface area contributed by atoms with Crippen LogP contribution in [0.4, 0.5) is 5.69 Å². The molecule has 2 N–H and O–H groups in total. The highest BCUT2D eigenvalue weighted by Gasteiger charge is 2.17. The van der Waals surface area contributed by atoms with Gasteiger partial charge in [0.1, 0.15) is 22.8 Å². The number of aromatic hydroxyl groups is 1. The van der Waals surface area contributed by atoms with Crippen LogP contribution in [-0.4, -0.2) is 41.7 Å². The van der Waals surface area contributed by atoms with E-state index in [4.69, 9.17) is 9.15 Å². The van der Waals surface area contributed by atoms with Crippen molar-refractivity contribution in [3.8, 4) is 11.5 Å². The van der Waals surface area contributed by atoms with Gasteiger partial charge in [-0.05, 0) is 103 Å². The third-order valence-electron chi connectivity index (χ3n) is 6.46. The number of nitrogens with one attached hydrogen (secondary N) is 1. The van der Waals surface area contributed by atoms with Gasteiger partial charge in [-0.15, -0.1) is 0 Å². The van der Waals surface area contributed by atoms with Crippen molar-refractivity contribution >= 4 is 22.6 Å². The highest BCUT2D eigenvalue weighted by Crippen LogP contribution is 2.28. The van der Waals surface area contributed by atoms with Gasteiger partial charge >= 0.3 is 5.63 Å². The Balaban J connectivity index is 1.74. The lowest BCUT2D eigenvalue weighted by molar-refractivity contribution is 0.102. The van der Waals surface area contributed by atoms with Crippen LogP contribution in [0.5, 0.6) is 11.5 Å². The maximum atomic E-state index is 12.9. The van der Waals surface area contributed by atoms with E-state index in [1.165, 1.54) is 12.1 Å². The first kappa shape index (κ1) is 28.0. The molecule has 2 aromatic carbocycles. The third-order valence-corrected chi connectivity index (χ3v) is 6.46. The molecular weight excluding hydrogens is 468 g/mol. The molecule has 0 aliphatic carbocycles. The number of hydrogen-bond donors (Lipinski definition) is 2. The van der Waals surface area contributed by atoms with Gasteiger partial charge in [0.25, 0.3) is 5.91 Å². The molecule has 1 amide bonds. The SMILES string of the molecule is CC(C)=CCc1cc(C(=O)Nc2cc3ccc(OCCCN(C)C(C)(C)C)c(C)c3oc2=O)ccc1O. The molecule has 7 nitrogen and oxygen atoms in total. The molecule has 37 heavy (non-hydrogen) atoms. The second-order valence-electron chi connectivity index (χ2n) is 10.6. The molecule has 7 heteroatoms. The Morgan fingerprint density at radius 2 is 1.89 bits per heavy atom. The molecule has 0 fully saturated rings. The largest absolute Gasteiger partial charge is 0.508 e. The number of carbonyl (C=O) groups excluding carboxylic acids is 1. The highest BCUT2D eigenvalue weighted by atomic mass is 16.5. The van der Waals surface area contributed by atoms with Crippen molar-refractivity contribution in [3.63, 3.8) is 0 Å². The van der Waals surface area contributed by atoms with Crippen LogP contribution in [0.3, 0.4) is 0 Å². The first-order valence-corrected chi connectivity index (χ1v) is 12.5. The number of allylic oxidation sites excluding steroid dienone is 2. The lowest BCUT2D eigenvalue weighted by Crippen LogP contribution is -2.39. The minimum Gasteiger partial charge on any atom is -0.508 e. The summed E-state index contributed by atoms with van der Waals surface area (Å²) in [5.41, 5.74) is 2.76. The van der Waals surface area contributed by atoms with Crippen LogP contribution in [-0.2, 0) is 6.42 Å². The van der Waals surface area contributed by atoms with E-state index in [0.29, 0.717) is 40.9 Å². The summed E-state index contributed by atoms with van der Waals surface area (Å²) in [4.78, 5) is 27.9. The smallest absolute Gasteiger partial charge is 0.360 e. The Morgan fingerprint density at radius 1 is 1.16 bits per heavy atom. The zero-order valence-electron chi connectivity index (χ0n) is 22.9. The van der Waals surface area contributed by atoms with E-state index in [1.807, 2.05) is 39.0 Å². The lowest BCUT2D eigenvalue weighted by Gasteiger charge is -2.31. The molecule has 1 heterocycles. The molecule has 0 saturated heterocycles. The summed E-state index contributed by atoms with van der Waals surface area (Å²) in [6, 6.07) is 9.91. The fraction of sp³-hybridized carbons (Fsp3) is 0.400. The van der Waals surface area contributed by atoms with Crippen molar-refractivity contribution < 1.29 is 19.1 Å². The Morgan fingerprint density at radius 3 is 2.57 bits per heavy atom. The summed E-state index contributed by atoms with van der Waals surface area (Å²) < 4.78 is 11.6. The predicted octanol–water partition coefficient (Wildman–Crippen LogP) is 6.07. The van der Waals surface area contributed by atoms with E-state index in [-0.39, 0.29) is 17.0 Å². The van der Waals surface area contributed by atoms with Crippen molar-refractivity contribution in [2.45, 2.75) is 59.9 Å². The summed E-state index contributed by atoms with van der Waals surface area (Å²) in [5.74, 6) is 0.329. The zero-order chi connectivity index (χ0) is 27.3. The van der Waals surface area contributed by atoms with Crippen LogP contribution in [0.25, 0.3) is 11.0 Å². The van der Waals surface area contributed by atoms with Gasteiger partial charge in [0.2, 0.25) is 0 Å². The normalized spacial score (nSPS) is 11.6. The minimum absolute atomic E-state index is 0.0507. The van der Waals surface area contributed by atoms with Gasteiger partial charge in [-0.25, -0.2) is 4.79 Å². The molecule has 0 unspecified atom stereocenters. The first-order valence-electron chi connectivity index (χ1n) is 12.5. The van der Waals surface area contributed by atoms with Crippen molar-refractivity contribution in [2.24, 2.45) is 0 Å². The number of fused-ring (bicyclic) bond motifs is 1. The Bertz CT molecular complexity index is 1360.